The van der Waals surface area contributed by atoms with Gasteiger partial charge in [-0.05, 0) is 0 Å². The van der Waals surface area contributed by atoms with Gasteiger partial charge >= 0.3 is 94.8 Å². The van der Waals surface area contributed by atoms with E-state index in [1.165, 1.54) is 9.44 Å². The van der Waals surface area contributed by atoms with Crippen molar-refractivity contribution in [3.05, 3.63) is 0 Å². The summed E-state index contributed by atoms with van der Waals surface area (Å²) in [5.74, 6) is -4.91. The molecular formula is C31H53N3NaO49S8. The molecule has 5 heterocycles. The molecule has 0 bridgehead atoms. The first-order valence-electron chi connectivity index (χ1n) is 23.5. The Balaban J connectivity index is 0.0000180. The second-order valence-corrected chi connectivity index (χ2v) is 27.6. The van der Waals surface area contributed by atoms with Gasteiger partial charge in [-0.15, -0.1) is 0 Å². The Morgan fingerprint density at radius 2 is 0.707 bits per heavy atom. The van der Waals surface area contributed by atoms with Crippen LogP contribution in [0.25, 0.3) is 0 Å². The minimum Gasteiger partial charge on any atom is -0.479 e. The Bertz CT molecular complexity index is 3490. The van der Waals surface area contributed by atoms with E-state index in [9.17, 15) is 150 Å². The average molecular weight is 1530 g/mol. The third-order valence-corrected chi connectivity index (χ3v) is 16.4. The first-order valence-corrected chi connectivity index (χ1v) is 34.7. The molecule has 0 aromatic carbocycles. The molecule has 5 aliphatic rings. The maximum Gasteiger partial charge on any atom is 0.397 e. The van der Waals surface area contributed by atoms with Gasteiger partial charge in [-0.2, -0.15) is 81.5 Å². The van der Waals surface area contributed by atoms with Crippen molar-refractivity contribution in [3.63, 3.8) is 0 Å². The Morgan fingerprint density at radius 1 is 0.359 bits per heavy atom. The van der Waals surface area contributed by atoms with E-state index < -0.39 is 268 Å². The molecule has 0 amide bonds. The van der Waals surface area contributed by atoms with Crippen molar-refractivity contribution in [2.45, 2.75) is 153 Å². The van der Waals surface area contributed by atoms with Crippen molar-refractivity contribution in [2.75, 3.05) is 26.9 Å². The van der Waals surface area contributed by atoms with Crippen molar-refractivity contribution >= 4 is 124 Å². The van der Waals surface area contributed by atoms with Gasteiger partial charge in [0, 0.05) is 36.7 Å². The molecule has 0 spiro atoms. The molecule has 25 atom stereocenters. The van der Waals surface area contributed by atoms with Crippen LogP contribution in [0.3, 0.4) is 0 Å². The minimum absolute atomic E-state index is 0. The maximum atomic E-state index is 13.0. The predicted molar refractivity (Wildman–Crippen MR) is 268 cm³/mol. The van der Waals surface area contributed by atoms with Crippen LogP contribution in [-0.4, -0.2) is 366 Å². The number of rotatable bonds is 30. The van der Waals surface area contributed by atoms with Gasteiger partial charge in [-0.1, -0.05) is 0 Å². The number of methoxy groups -OCH3 is 1. The number of hydrogen-bond donors (Lipinski definition) is 19. The molecule has 535 valence electrons. The minimum atomic E-state index is -6.36. The fourth-order valence-electron chi connectivity index (χ4n) is 8.98. The fraction of sp³-hybridized carbons (Fsp3) is 0.935. The standard InChI is InChI=1S/C31H53N3O49S8.Na/c1-69-27-9(33-85(48,49)50)13(37)17(6(74-27)3-71-88(57,58)59)76-31-22(83-91(66,67)68)16(40)21(24(81-31)26(43)44)79-29-10(34-86(51,52)53)19(82-90(63,64)65)18(7(75-29)4-72-89(60,61)62)77-30-15(39)14(38)20(23(80-30)25(41)42)78-28-8(32-84(45,46)47)12(36)11(35)5(73-28)2-70-87(54,55)56;/h5-24,27-40H,2-4H2,1H3,(H,41,42)(H,43,44)(H,45,46,47)(H,48,49,50)(H,51,52,53)(H,54,55,56)(H,57,58,59)(H,60,61,62)(H,63,64,65)(H,66,67,68);/t5-,6-,7-,8-,9-,10-,11-,12-,13-,14-,15-,16+,17-,18-,19-,20+,21+,22-,23+,24-,27+,28-,29-,30-,31-;/m1./s1. The van der Waals surface area contributed by atoms with Crippen LogP contribution in [0.2, 0.25) is 0 Å². The van der Waals surface area contributed by atoms with Crippen LogP contribution < -0.4 is 14.2 Å². The smallest absolute Gasteiger partial charge is 0.397 e. The number of aliphatic carboxylic acids is 2. The van der Waals surface area contributed by atoms with Gasteiger partial charge in [-0.3, -0.25) is 36.4 Å². The molecule has 1 radical (unpaired) electrons. The van der Waals surface area contributed by atoms with E-state index in [1.807, 2.05) is 0 Å². The normalized spacial score (nSPS) is 38.2. The summed E-state index contributed by atoms with van der Waals surface area (Å²) in [5.41, 5.74) is 0. The topological polar surface area (TPSA) is 805 Å². The predicted octanol–water partition coefficient (Wildman–Crippen LogP) is -14.1. The fourth-order valence-corrected chi connectivity index (χ4v) is 12.7. The van der Waals surface area contributed by atoms with E-state index in [0.29, 0.717) is 0 Å². The molecule has 5 aliphatic heterocycles. The van der Waals surface area contributed by atoms with Crippen LogP contribution in [0.4, 0.5) is 0 Å². The monoisotopic (exact) mass is 1530 g/mol. The molecule has 92 heavy (non-hydrogen) atoms. The Hall–Kier alpha value is -1.74. The molecule has 52 nitrogen and oxygen atoms in total. The van der Waals surface area contributed by atoms with E-state index in [2.05, 4.69) is 20.9 Å². The van der Waals surface area contributed by atoms with Crippen molar-refractivity contribution < 1.29 is 222 Å². The SMILES string of the molecule is CO[C@H]1O[C@H](COS(=O)(=O)O)[C@@H](O[C@@H]2O[C@@H](C(=O)O)[C@@H](O[C@H]3O[C@H](COS(=O)(=O)O)[C@@H](O[C@@H]4O[C@H](C(=O)O)[C@@H](O[C@H]5O[C@H](COS(=O)(=O)O)[C@@H](O)[C@H](O)[C@H]5NS(=O)(=O)O)[C@H](O)[C@H]4O)[C@H](OS(=O)(=O)O)[C@H]3NS(=O)(=O)O)[C@H](O)[C@H]2OS(=O)(=O)O)[C@H](O)[C@H]1NS(=O)(=O)O.[Na]. The summed E-state index contributed by atoms with van der Waals surface area (Å²) in [6, 6.07) is -8.17. The largest absolute Gasteiger partial charge is 0.479 e. The average Bonchev–Trinajstić information content (AvgIpc) is 0.765. The quantitative estimate of drug-likeness (QED) is 0.0235. The molecule has 5 fully saturated rings. The zero-order valence-electron chi connectivity index (χ0n) is 44.9. The van der Waals surface area contributed by atoms with Crippen LogP contribution in [-0.2, 0) is 161 Å². The second kappa shape index (κ2) is 31.6. The van der Waals surface area contributed by atoms with Gasteiger partial charge in [0.2, 0.25) is 0 Å². The van der Waals surface area contributed by atoms with E-state index in [4.69, 9.17) is 51.9 Å². The molecule has 0 aromatic rings. The Labute approximate surface area is 538 Å². The van der Waals surface area contributed by atoms with Crippen LogP contribution in [0.15, 0.2) is 0 Å². The number of carbonyl (C=O) groups is 2. The third-order valence-electron chi connectivity index (χ3n) is 12.4. The molecule has 61 heteroatoms. The van der Waals surface area contributed by atoms with Crippen LogP contribution >= 0.6 is 0 Å². The number of hydrogen-bond acceptors (Lipinski definition) is 39. The molecule has 5 rings (SSSR count). The molecule has 0 saturated carbocycles. The first kappa shape index (κ1) is 82.7. The van der Waals surface area contributed by atoms with E-state index in [-0.39, 0.29) is 29.6 Å². The third kappa shape index (κ3) is 24.0. The maximum absolute atomic E-state index is 13.0. The van der Waals surface area contributed by atoms with Gasteiger partial charge in [0.1, 0.15) is 104 Å². The molecule has 0 aliphatic carbocycles. The van der Waals surface area contributed by atoms with E-state index >= 15 is 0 Å². The summed E-state index contributed by atoms with van der Waals surface area (Å²) in [6.45, 7) is -5.06. The van der Waals surface area contributed by atoms with Crippen molar-refractivity contribution in [1.29, 1.82) is 0 Å². The summed E-state index contributed by atoms with van der Waals surface area (Å²) >= 11 is 0. The van der Waals surface area contributed by atoms with Crippen molar-refractivity contribution in [3.8, 4) is 0 Å². The molecule has 5 saturated heterocycles. The Morgan fingerprint density at radius 3 is 1.13 bits per heavy atom. The van der Waals surface area contributed by atoms with Crippen molar-refractivity contribution in [1.82, 2.24) is 14.2 Å². The van der Waals surface area contributed by atoms with Gasteiger partial charge in [0.05, 0.1) is 19.8 Å². The zero-order chi connectivity index (χ0) is 69.4. The van der Waals surface area contributed by atoms with E-state index in [0.717, 1.165) is 11.8 Å². The van der Waals surface area contributed by atoms with Gasteiger partial charge in [-0.25, -0.2) is 30.5 Å². The number of nitrogens with one attached hydrogen (secondary N) is 3. The van der Waals surface area contributed by atoms with Gasteiger partial charge < -0.3 is 88.2 Å². The van der Waals surface area contributed by atoms with Crippen LogP contribution in [0.5, 0.6) is 0 Å². The number of carboxylic acid groups (broad SMARTS) is 2. The summed E-state index contributed by atoms with van der Waals surface area (Å²) in [5, 5.41) is 87.8. The second-order valence-electron chi connectivity index (χ2n) is 18.7. The van der Waals surface area contributed by atoms with Gasteiger partial charge in [0.15, 0.2) is 49.8 Å². The summed E-state index contributed by atoms with van der Waals surface area (Å²) < 4.78 is 346. The molecule has 0 unspecified atom stereocenters. The number of ether oxygens (including phenoxy) is 10. The van der Waals surface area contributed by atoms with Crippen LogP contribution in [0.1, 0.15) is 0 Å². The van der Waals surface area contributed by atoms with Crippen molar-refractivity contribution in [2.24, 2.45) is 0 Å². The Kier molecular flexibility index (Phi) is 28.4. The molecular weight excluding hydrogens is 1480 g/mol. The summed E-state index contributed by atoms with van der Waals surface area (Å²) in [6.07, 6.45) is -63.6. The molecule has 0 aromatic heterocycles. The number of aliphatic hydroxyl groups excluding tert-OH is 6. The van der Waals surface area contributed by atoms with Gasteiger partial charge in [0.25, 0.3) is 0 Å². The summed E-state index contributed by atoms with van der Waals surface area (Å²) in [7, 11) is -45.9. The summed E-state index contributed by atoms with van der Waals surface area (Å²) in [4.78, 5) is 25.8. The zero-order valence-corrected chi connectivity index (χ0v) is 53.5. The van der Waals surface area contributed by atoms with Crippen LogP contribution in [0, 0.1) is 0 Å². The number of aliphatic hydroxyl groups is 6. The number of carboxylic acids is 2. The first-order chi connectivity index (χ1) is 41.2. The molecule has 19 N–H and O–H groups in total. The van der Waals surface area contributed by atoms with E-state index in [1.54, 1.807) is 0 Å².